The first-order valence-electron chi connectivity index (χ1n) is 12.3. The number of hydrogen-bond donors (Lipinski definition) is 2. The molecule has 4 aliphatic rings. The molecule has 6 rings (SSSR count). The second kappa shape index (κ2) is 8.46. The average molecular weight is 498 g/mol. The maximum absolute atomic E-state index is 13.6. The Labute approximate surface area is 210 Å². The Morgan fingerprint density at radius 1 is 1.09 bits per heavy atom. The van der Waals surface area contributed by atoms with Crippen LogP contribution in [0.1, 0.15) is 63.0 Å². The molecule has 178 valence electrons. The zero-order valence-electron chi connectivity index (χ0n) is 19.0. The molecule has 3 aliphatic carbocycles. The molecule has 2 aromatic rings. The van der Waals surface area contributed by atoms with E-state index < -0.39 is 0 Å². The van der Waals surface area contributed by atoms with E-state index in [9.17, 15) is 9.90 Å². The third kappa shape index (κ3) is 3.97. The molecule has 3 saturated carbocycles. The van der Waals surface area contributed by atoms with Gasteiger partial charge in [0.15, 0.2) is 0 Å². The topological polar surface area (TPSA) is 64.9 Å². The Morgan fingerprint density at radius 2 is 1.88 bits per heavy atom. The zero-order valence-corrected chi connectivity index (χ0v) is 20.5. The van der Waals surface area contributed by atoms with Gasteiger partial charge in [-0.2, -0.15) is 5.10 Å². The fraction of sp³-hybridized carbons (Fsp3) is 0.481. The molecule has 0 saturated heterocycles. The SMILES string of the molecule is O=C(NC12CCCC3CC(CC3C1)C2)C1=NN(c2ccc(Cl)cc2Cl)C(c2ccc(O)cc2)C1. The predicted molar refractivity (Wildman–Crippen MR) is 136 cm³/mol. The number of aromatic hydroxyl groups is 1. The zero-order chi connectivity index (χ0) is 23.4. The second-order valence-corrected chi connectivity index (χ2v) is 11.5. The lowest BCUT2D eigenvalue weighted by molar-refractivity contribution is -0.117. The molecule has 5 nitrogen and oxygen atoms in total. The number of carbonyl (C=O) groups is 1. The number of halogens is 2. The fourth-order valence-electron chi connectivity index (χ4n) is 7.12. The van der Waals surface area contributed by atoms with Gasteiger partial charge in [0.25, 0.3) is 5.91 Å². The number of anilines is 1. The van der Waals surface area contributed by atoms with Crippen LogP contribution >= 0.6 is 23.2 Å². The quantitative estimate of drug-likeness (QED) is 0.507. The smallest absolute Gasteiger partial charge is 0.268 e. The lowest BCUT2D eigenvalue weighted by Crippen LogP contribution is -2.53. The van der Waals surface area contributed by atoms with Gasteiger partial charge >= 0.3 is 0 Å². The van der Waals surface area contributed by atoms with Gasteiger partial charge in [0, 0.05) is 17.0 Å². The van der Waals surface area contributed by atoms with Gasteiger partial charge in [-0.25, -0.2) is 0 Å². The van der Waals surface area contributed by atoms with E-state index in [-0.39, 0.29) is 23.2 Å². The first kappa shape index (κ1) is 22.2. The van der Waals surface area contributed by atoms with E-state index in [2.05, 4.69) is 5.32 Å². The number of amides is 1. The number of fused-ring (bicyclic) bond motifs is 2. The monoisotopic (exact) mass is 497 g/mol. The summed E-state index contributed by atoms with van der Waals surface area (Å²) in [6.45, 7) is 0. The van der Waals surface area contributed by atoms with Crippen LogP contribution in [0.5, 0.6) is 5.75 Å². The molecule has 5 atom stereocenters. The normalized spacial score (nSPS) is 31.9. The molecular formula is C27H29Cl2N3O2. The van der Waals surface area contributed by atoms with Gasteiger partial charge < -0.3 is 10.4 Å². The fourth-order valence-corrected chi connectivity index (χ4v) is 7.62. The number of nitrogens with one attached hydrogen (secondary N) is 1. The van der Waals surface area contributed by atoms with Crippen molar-refractivity contribution in [3.63, 3.8) is 0 Å². The largest absolute Gasteiger partial charge is 0.508 e. The van der Waals surface area contributed by atoms with Crippen molar-refractivity contribution in [2.75, 3.05) is 5.01 Å². The minimum atomic E-state index is -0.196. The van der Waals surface area contributed by atoms with Crippen molar-refractivity contribution < 1.29 is 9.90 Å². The predicted octanol–water partition coefficient (Wildman–Crippen LogP) is 6.48. The lowest BCUT2D eigenvalue weighted by Gasteiger charge is -2.41. The van der Waals surface area contributed by atoms with Gasteiger partial charge in [0.05, 0.1) is 16.8 Å². The van der Waals surface area contributed by atoms with Gasteiger partial charge in [-0.15, -0.1) is 0 Å². The summed E-state index contributed by atoms with van der Waals surface area (Å²) in [5.74, 6) is 2.52. The van der Waals surface area contributed by atoms with Crippen molar-refractivity contribution >= 4 is 40.5 Å². The second-order valence-electron chi connectivity index (χ2n) is 10.7. The molecular weight excluding hydrogens is 469 g/mol. The Morgan fingerprint density at radius 3 is 2.68 bits per heavy atom. The van der Waals surface area contributed by atoms with E-state index in [0.717, 1.165) is 42.6 Å². The summed E-state index contributed by atoms with van der Waals surface area (Å²) < 4.78 is 0. The van der Waals surface area contributed by atoms with Crippen molar-refractivity contribution in [2.45, 2.75) is 62.9 Å². The highest BCUT2D eigenvalue weighted by Crippen LogP contribution is 2.55. The molecule has 1 aliphatic heterocycles. The van der Waals surface area contributed by atoms with E-state index in [1.54, 1.807) is 24.3 Å². The van der Waals surface area contributed by atoms with Crippen LogP contribution in [0.4, 0.5) is 5.69 Å². The molecule has 1 heterocycles. The van der Waals surface area contributed by atoms with E-state index in [0.29, 0.717) is 27.9 Å². The number of rotatable bonds is 4. The molecule has 7 heteroatoms. The molecule has 0 aromatic heterocycles. The molecule has 0 spiro atoms. The van der Waals surface area contributed by atoms with E-state index in [1.807, 2.05) is 23.2 Å². The first-order valence-corrected chi connectivity index (χ1v) is 13.1. The summed E-state index contributed by atoms with van der Waals surface area (Å²) in [4.78, 5) is 13.6. The molecule has 5 unspecified atom stereocenters. The van der Waals surface area contributed by atoms with Gasteiger partial charge in [0.1, 0.15) is 11.5 Å². The Bertz CT molecular complexity index is 1150. The van der Waals surface area contributed by atoms with Crippen molar-refractivity contribution in [1.82, 2.24) is 5.32 Å². The van der Waals surface area contributed by atoms with Crippen molar-refractivity contribution in [1.29, 1.82) is 0 Å². The van der Waals surface area contributed by atoms with Crippen molar-refractivity contribution in [3.8, 4) is 5.75 Å². The Kier molecular flexibility index (Phi) is 5.53. The van der Waals surface area contributed by atoms with Gasteiger partial charge in [-0.3, -0.25) is 9.80 Å². The van der Waals surface area contributed by atoms with Crippen LogP contribution < -0.4 is 10.3 Å². The number of carbonyl (C=O) groups excluding carboxylic acids is 1. The highest BCUT2D eigenvalue weighted by molar-refractivity contribution is 6.40. The molecule has 3 bridgehead atoms. The van der Waals surface area contributed by atoms with Crippen LogP contribution in [0.2, 0.25) is 10.0 Å². The third-order valence-electron chi connectivity index (χ3n) is 8.49. The van der Waals surface area contributed by atoms with Crippen LogP contribution in [0, 0.1) is 17.8 Å². The average Bonchev–Trinajstić information content (AvgIpc) is 3.32. The molecule has 0 radical (unpaired) electrons. The summed E-state index contributed by atoms with van der Waals surface area (Å²) in [5, 5.41) is 20.9. The maximum atomic E-state index is 13.6. The number of nitrogens with zero attached hydrogens (tertiary/aromatic N) is 2. The van der Waals surface area contributed by atoms with Gasteiger partial charge in [-0.05, 0) is 85.8 Å². The molecule has 1 amide bonds. The summed E-state index contributed by atoms with van der Waals surface area (Å²) in [6.07, 6.45) is 8.96. The third-order valence-corrected chi connectivity index (χ3v) is 9.02. The Balaban J connectivity index is 1.30. The van der Waals surface area contributed by atoms with Crippen molar-refractivity contribution in [3.05, 3.63) is 58.1 Å². The van der Waals surface area contributed by atoms with E-state index in [1.165, 1.54) is 25.7 Å². The molecule has 3 fully saturated rings. The highest BCUT2D eigenvalue weighted by Gasteiger charge is 2.50. The Hall–Kier alpha value is -2.24. The van der Waals surface area contributed by atoms with Gasteiger partial charge in [-0.1, -0.05) is 48.2 Å². The molecule has 2 N–H and O–H groups in total. The lowest BCUT2D eigenvalue weighted by atomic mass is 9.73. The summed E-state index contributed by atoms with van der Waals surface area (Å²) in [5.41, 5.74) is 2.11. The molecule has 34 heavy (non-hydrogen) atoms. The summed E-state index contributed by atoms with van der Waals surface area (Å²) >= 11 is 12.7. The summed E-state index contributed by atoms with van der Waals surface area (Å²) in [7, 11) is 0. The number of benzene rings is 2. The summed E-state index contributed by atoms with van der Waals surface area (Å²) in [6, 6.07) is 12.2. The van der Waals surface area contributed by atoms with Crippen LogP contribution in [-0.4, -0.2) is 22.3 Å². The van der Waals surface area contributed by atoms with E-state index >= 15 is 0 Å². The van der Waals surface area contributed by atoms with E-state index in [4.69, 9.17) is 28.3 Å². The minimum absolute atomic E-state index is 0.0592. The van der Waals surface area contributed by atoms with Crippen LogP contribution in [0.3, 0.4) is 0 Å². The minimum Gasteiger partial charge on any atom is -0.508 e. The standard InChI is InChI=1S/C27H29Cl2N3O2/c28-20-5-8-24(22(29)12-20)32-25(17-3-6-21(33)7-4-17)13-23(31-32)26(34)30-27-9-1-2-18-10-16(14-27)11-19(18)15-27/h3-8,12,16,18-19,25,33H,1-2,9-11,13-15H2,(H,30,34). The van der Waals surface area contributed by atoms with Gasteiger partial charge in [0.2, 0.25) is 0 Å². The number of hydrogen-bond acceptors (Lipinski definition) is 4. The highest BCUT2D eigenvalue weighted by atomic mass is 35.5. The maximum Gasteiger partial charge on any atom is 0.268 e. The number of phenolic OH excluding ortho intramolecular Hbond substituents is 1. The first-order chi connectivity index (χ1) is 16.4. The van der Waals surface area contributed by atoms with Crippen LogP contribution in [0.15, 0.2) is 47.6 Å². The van der Waals surface area contributed by atoms with Crippen LogP contribution in [0.25, 0.3) is 0 Å². The number of phenols is 1. The number of hydrazone groups is 1. The molecule has 2 aromatic carbocycles. The van der Waals surface area contributed by atoms with Crippen LogP contribution in [-0.2, 0) is 4.79 Å². The van der Waals surface area contributed by atoms with Crippen molar-refractivity contribution in [2.24, 2.45) is 22.9 Å².